The Morgan fingerprint density at radius 2 is 1.95 bits per heavy atom. The Kier molecular flexibility index (Phi) is 6.95. The Labute approximate surface area is 238 Å². The van der Waals surface area contributed by atoms with Crippen LogP contribution in [0.25, 0.3) is 16.7 Å². The third-order valence-electron chi connectivity index (χ3n) is 8.78. The molecule has 4 heterocycles. The van der Waals surface area contributed by atoms with E-state index in [9.17, 15) is 27.9 Å². The van der Waals surface area contributed by atoms with Gasteiger partial charge in [0.15, 0.2) is 5.65 Å². The summed E-state index contributed by atoms with van der Waals surface area (Å²) in [6, 6.07) is 9.41. The SMILES string of the molecule is CC1(C(=O)N2CCC(O)(Cn3cnc4c(cc(Cl)n4-c4ccc([C@H]5COCCN5)cc4)c3=O)CC2)CC1C(F)(F)F. The van der Waals surface area contributed by atoms with Crippen molar-refractivity contribution in [3.05, 3.63) is 57.7 Å². The third kappa shape index (κ3) is 5.15. The minimum atomic E-state index is -4.40. The maximum atomic E-state index is 13.4. The molecule has 41 heavy (non-hydrogen) atoms. The molecule has 0 spiro atoms. The van der Waals surface area contributed by atoms with E-state index in [1.54, 1.807) is 10.6 Å². The minimum absolute atomic E-state index is 0.0623. The Morgan fingerprint density at radius 3 is 2.56 bits per heavy atom. The monoisotopic (exact) mass is 593 g/mol. The molecule has 0 bridgehead atoms. The van der Waals surface area contributed by atoms with E-state index in [-0.39, 0.29) is 50.5 Å². The number of alkyl halides is 3. The summed E-state index contributed by atoms with van der Waals surface area (Å²) in [7, 11) is 0. The fourth-order valence-corrected chi connectivity index (χ4v) is 6.41. The van der Waals surface area contributed by atoms with Crippen molar-refractivity contribution in [2.75, 3.05) is 32.8 Å². The van der Waals surface area contributed by atoms with Crippen LogP contribution < -0.4 is 10.9 Å². The highest BCUT2D eigenvalue weighted by atomic mass is 35.5. The van der Waals surface area contributed by atoms with Crippen LogP contribution in [-0.4, -0.2) is 74.7 Å². The second kappa shape index (κ2) is 10.1. The van der Waals surface area contributed by atoms with Crippen molar-refractivity contribution >= 4 is 28.5 Å². The zero-order valence-corrected chi connectivity index (χ0v) is 23.2. The number of ether oxygens (including phenoxy) is 1. The summed E-state index contributed by atoms with van der Waals surface area (Å²) in [6.45, 7) is 3.57. The van der Waals surface area contributed by atoms with Gasteiger partial charge < -0.3 is 20.1 Å². The highest BCUT2D eigenvalue weighted by Gasteiger charge is 2.68. The number of aromatic nitrogens is 3. The number of carbonyl (C=O) groups is 1. The molecular formula is C28H31ClF3N5O4. The molecule has 6 rings (SSSR count). The Hall–Kier alpha value is -2.93. The van der Waals surface area contributed by atoms with Crippen molar-refractivity contribution in [3.8, 4) is 5.69 Å². The number of aliphatic hydroxyl groups is 1. The van der Waals surface area contributed by atoms with E-state index in [0.717, 1.165) is 17.8 Å². The van der Waals surface area contributed by atoms with E-state index >= 15 is 0 Å². The molecule has 3 atom stereocenters. The normalized spacial score (nSPS) is 26.3. The number of likely N-dealkylation sites (tertiary alicyclic amines) is 1. The van der Waals surface area contributed by atoms with Crippen LogP contribution in [0.5, 0.6) is 0 Å². The lowest BCUT2D eigenvalue weighted by Crippen LogP contribution is -2.51. The van der Waals surface area contributed by atoms with Gasteiger partial charge in [-0.05, 0) is 43.0 Å². The zero-order chi connectivity index (χ0) is 29.2. The van der Waals surface area contributed by atoms with E-state index in [1.165, 1.54) is 22.7 Å². The van der Waals surface area contributed by atoms with Crippen molar-refractivity contribution in [2.45, 2.75) is 50.6 Å². The van der Waals surface area contributed by atoms with Crippen LogP contribution in [0.3, 0.4) is 0 Å². The summed E-state index contributed by atoms with van der Waals surface area (Å²) in [5.74, 6) is -2.16. The zero-order valence-electron chi connectivity index (χ0n) is 22.5. The van der Waals surface area contributed by atoms with Gasteiger partial charge in [0.05, 0.1) is 48.1 Å². The first kappa shape index (κ1) is 28.2. The molecular weight excluding hydrogens is 563 g/mol. The van der Waals surface area contributed by atoms with Crippen molar-refractivity contribution in [1.29, 1.82) is 0 Å². The van der Waals surface area contributed by atoms with Crippen LogP contribution in [0.1, 0.15) is 37.8 Å². The third-order valence-corrected chi connectivity index (χ3v) is 9.06. The Bertz CT molecular complexity index is 1520. The molecule has 2 saturated heterocycles. The molecule has 2 unspecified atom stereocenters. The van der Waals surface area contributed by atoms with E-state index in [4.69, 9.17) is 16.3 Å². The average Bonchev–Trinajstić information content (AvgIpc) is 3.56. The van der Waals surface area contributed by atoms with Crippen molar-refractivity contribution in [3.63, 3.8) is 0 Å². The maximum Gasteiger partial charge on any atom is 0.392 e. The summed E-state index contributed by atoms with van der Waals surface area (Å²) in [4.78, 5) is 32.1. The minimum Gasteiger partial charge on any atom is -0.388 e. The molecule has 3 aromatic rings. The summed E-state index contributed by atoms with van der Waals surface area (Å²) in [5, 5.41) is 15.3. The Morgan fingerprint density at radius 1 is 1.24 bits per heavy atom. The van der Waals surface area contributed by atoms with Gasteiger partial charge in [-0.15, -0.1) is 0 Å². The van der Waals surface area contributed by atoms with Gasteiger partial charge in [0.25, 0.3) is 5.56 Å². The molecule has 3 fully saturated rings. The van der Waals surface area contributed by atoms with Gasteiger partial charge in [-0.25, -0.2) is 4.98 Å². The fourth-order valence-electron chi connectivity index (χ4n) is 6.12. The molecule has 13 heteroatoms. The molecule has 2 aromatic heterocycles. The number of hydrogen-bond acceptors (Lipinski definition) is 6. The number of nitrogens with zero attached hydrogens (tertiary/aromatic N) is 4. The van der Waals surface area contributed by atoms with Gasteiger partial charge in [-0.3, -0.25) is 18.7 Å². The average molecular weight is 594 g/mol. The van der Waals surface area contributed by atoms with E-state index in [0.29, 0.717) is 29.4 Å². The summed E-state index contributed by atoms with van der Waals surface area (Å²) in [5.41, 5.74) is -0.934. The number of carbonyl (C=O) groups excluding carboxylic acids is 1. The smallest absolute Gasteiger partial charge is 0.388 e. The topological polar surface area (TPSA) is 102 Å². The van der Waals surface area contributed by atoms with E-state index in [2.05, 4.69) is 10.3 Å². The van der Waals surface area contributed by atoms with Gasteiger partial charge in [-0.2, -0.15) is 13.2 Å². The van der Waals surface area contributed by atoms with Crippen molar-refractivity contribution in [1.82, 2.24) is 24.3 Å². The number of halogens is 4. The summed E-state index contributed by atoms with van der Waals surface area (Å²) in [6.07, 6.45) is -2.99. The largest absolute Gasteiger partial charge is 0.392 e. The standard InChI is InChI=1S/C28H31ClF3N5O4/c1-26(13-21(26)28(30,31)32)25(39)35-9-6-27(40,7-10-35)15-36-16-34-23-19(24(36)38)12-22(29)37(23)18-4-2-17(3-5-18)20-14-41-11-8-33-20/h2-5,12,16,20-21,33,40H,6-11,13-15H2,1H3/t20-,21?,26?/m1/s1. The number of morpholine rings is 1. The van der Waals surface area contributed by atoms with Crippen LogP contribution in [-0.2, 0) is 16.1 Å². The van der Waals surface area contributed by atoms with Gasteiger partial charge in [0.2, 0.25) is 5.91 Å². The highest BCUT2D eigenvalue weighted by Crippen LogP contribution is 2.61. The van der Waals surface area contributed by atoms with Crippen LogP contribution in [0.4, 0.5) is 13.2 Å². The highest BCUT2D eigenvalue weighted by molar-refractivity contribution is 6.31. The predicted octanol–water partition coefficient (Wildman–Crippen LogP) is 3.44. The molecule has 9 nitrogen and oxygen atoms in total. The molecule has 2 N–H and O–H groups in total. The van der Waals surface area contributed by atoms with E-state index < -0.39 is 29.0 Å². The number of hydrogen-bond donors (Lipinski definition) is 2. The number of rotatable bonds is 5. The molecule has 1 aromatic carbocycles. The number of amides is 1. The molecule has 3 aliphatic rings. The molecule has 1 saturated carbocycles. The van der Waals surface area contributed by atoms with Gasteiger partial charge in [-0.1, -0.05) is 30.7 Å². The van der Waals surface area contributed by atoms with Gasteiger partial charge in [0, 0.05) is 25.3 Å². The number of nitrogens with one attached hydrogen (secondary N) is 1. The summed E-state index contributed by atoms with van der Waals surface area (Å²) < 4.78 is 47.9. The summed E-state index contributed by atoms with van der Waals surface area (Å²) >= 11 is 6.55. The first-order valence-electron chi connectivity index (χ1n) is 13.7. The number of fused-ring (bicyclic) bond motifs is 1. The lowest BCUT2D eigenvalue weighted by atomic mass is 9.90. The fraction of sp³-hybridized carbons (Fsp3) is 0.536. The second-order valence-corrected chi connectivity index (χ2v) is 12.0. The van der Waals surface area contributed by atoms with Gasteiger partial charge >= 0.3 is 6.18 Å². The van der Waals surface area contributed by atoms with E-state index in [1.807, 2.05) is 24.3 Å². The van der Waals surface area contributed by atoms with Gasteiger partial charge in [0.1, 0.15) is 11.5 Å². The molecule has 220 valence electrons. The number of benzene rings is 1. The van der Waals surface area contributed by atoms with Crippen molar-refractivity contribution in [2.24, 2.45) is 11.3 Å². The maximum absolute atomic E-state index is 13.4. The van der Waals surface area contributed by atoms with Crippen LogP contribution >= 0.6 is 11.6 Å². The quantitative estimate of drug-likeness (QED) is 0.470. The molecule has 2 aliphatic heterocycles. The molecule has 1 aliphatic carbocycles. The lowest BCUT2D eigenvalue weighted by Gasteiger charge is -2.39. The molecule has 1 amide bonds. The first-order valence-corrected chi connectivity index (χ1v) is 14.0. The predicted molar refractivity (Wildman–Crippen MR) is 145 cm³/mol. The molecule has 0 radical (unpaired) electrons. The van der Waals surface area contributed by atoms with Crippen LogP contribution in [0.15, 0.2) is 41.5 Å². The first-order chi connectivity index (χ1) is 19.4. The number of piperidine rings is 1. The Balaban J connectivity index is 1.16. The second-order valence-electron chi connectivity index (χ2n) is 11.6. The van der Waals surface area contributed by atoms with Crippen molar-refractivity contribution < 1.29 is 27.8 Å². The van der Waals surface area contributed by atoms with Crippen LogP contribution in [0.2, 0.25) is 5.15 Å². The lowest BCUT2D eigenvalue weighted by molar-refractivity contribution is -0.165. The van der Waals surface area contributed by atoms with Crippen LogP contribution in [0, 0.1) is 11.3 Å².